The van der Waals surface area contributed by atoms with Crippen LogP contribution in [0.15, 0.2) is 53.4 Å². The number of carbonyl (C=O) groups excluding carboxylic acids is 2. The first-order valence-electron chi connectivity index (χ1n) is 7.95. The van der Waals surface area contributed by atoms with Gasteiger partial charge < -0.3 is 16.0 Å². The van der Waals surface area contributed by atoms with Crippen LogP contribution in [0, 0.1) is 0 Å². The Labute approximate surface area is 155 Å². The Bertz CT molecular complexity index is 763. The van der Waals surface area contributed by atoms with Gasteiger partial charge in [0.05, 0.1) is 10.8 Å². The number of anilines is 2. The molecule has 1 aliphatic carbocycles. The zero-order chi connectivity index (χ0) is 17.6. The van der Waals surface area contributed by atoms with Gasteiger partial charge in [0.15, 0.2) is 0 Å². The van der Waals surface area contributed by atoms with E-state index in [1.807, 2.05) is 18.2 Å². The van der Waals surface area contributed by atoms with Crippen molar-refractivity contribution in [3.8, 4) is 0 Å². The van der Waals surface area contributed by atoms with E-state index in [2.05, 4.69) is 16.0 Å². The molecule has 0 saturated heterocycles. The van der Waals surface area contributed by atoms with Crippen LogP contribution in [0.3, 0.4) is 0 Å². The van der Waals surface area contributed by atoms with Gasteiger partial charge in [-0.05, 0) is 49.2 Å². The lowest BCUT2D eigenvalue weighted by Gasteiger charge is -2.09. The lowest BCUT2D eigenvalue weighted by Crippen LogP contribution is -2.30. The van der Waals surface area contributed by atoms with Crippen molar-refractivity contribution in [2.45, 2.75) is 23.8 Å². The number of hydrogen-bond donors (Lipinski definition) is 3. The third-order valence-electron chi connectivity index (χ3n) is 3.53. The van der Waals surface area contributed by atoms with E-state index in [-0.39, 0.29) is 17.7 Å². The molecule has 1 fully saturated rings. The summed E-state index contributed by atoms with van der Waals surface area (Å²) in [5, 5.41) is 9.08. The van der Waals surface area contributed by atoms with Gasteiger partial charge in [-0.15, -0.1) is 11.8 Å². The van der Waals surface area contributed by atoms with E-state index < -0.39 is 0 Å². The van der Waals surface area contributed by atoms with Crippen molar-refractivity contribution < 1.29 is 9.59 Å². The maximum atomic E-state index is 12.0. The van der Waals surface area contributed by atoms with Crippen molar-refractivity contribution >= 4 is 46.7 Å². The lowest BCUT2D eigenvalue weighted by molar-refractivity contribution is -0.113. The van der Waals surface area contributed by atoms with Crippen molar-refractivity contribution in [3.63, 3.8) is 0 Å². The van der Waals surface area contributed by atoms with Gasteiger partial charge in [0.25, 0.3) is 0 Å². The molecule has 0 atom stereocenters. The normalized spacial score (nSPS) is 13.2. The van der Waals surface area contributed by atoms with Gasteiger partial charge in [0.1, 0.15) is 0 Å². The summed E-state index contributed by atoms with van der Waals surface area (Å²) in [6.45, 7) is 0. The number of halogens is 1. The Hall–Kier alpha value is -2.18. The quantitative estimate of drug-likeness (QED) is 0.657. The summed E-state index contributed by atoms with van der Waals surface area (Å²) in [7, 11) is 0. The number of carbonyl (C=O) groups is 2. The van der Waals surface area contributed by atoms with Crippen LogP contribution in [0.4, 0.5) is 16.2 Å². The summed E-state index contributed by atoms with van der Waals surface area (Å²) in [5.41, 5.74) is 1.36. The molecule has 1 aliphatic rings. The molecule has 0 aromatic heterocycles. The maximum Gasteiger partial charge on any atom is 0.319 e. The molecule has 0 unspecified atom stereocenters. The highest BCUT2D eigenvalue weighted by Crippen LogP contribution is 2.26. The molecule has 0 radical (unpaired) electrons. The molecular formula is C18H18ClN3O2S. The Morgan fingerprint density at radius 2 is 1.64 bits per heavy atom. The fourth-order valence-electron chi connectivity index (χ4n) is 2.12. The summed E-state index contributed by atoms with van der Waals surface area (Å²) in [6.07, 6.45) is 2.09. The van der Waals surface area contributed by atoms with Crippen LogP contribution < -0.4 is 16.0 Å². The van der Waals surface area contributed by atoms with Crippen molar-refractivity contribution in [2.24, 2.45) is 0 Å². The predicted octanol–water partition coefficient (Wildman–Crippen LogP) is 4.35. The van der Waals surface area contributed by atoms with E-state index in [4.69, 9.17) is 11.6 Å². The highest BCUT2D eigenvalue weighted by Gasteiger charge is 2.23. The standard InChI is InChI=1S/C18H18ClN3O2S/c19-15-3-1-2-4-16(15)25-11-17(23)20-12-5-7-13(8-6-12)21-18(24)22-14-9-10-14/h1-8,14H,9-11H2,(H,20,23)(H2,21,22,24). The Morgan fingerprint density at radius 1 is 1.00 bits per heavy atom. The first kappa shape index (κ1) is 17.6. The Morgan fingerprint density at radius 3 is 2.28 bits per heavy atom. The molecule has 3 rings (SSSR count). The van der Waals surface area contributed by atoms with E-state index >= 15 is 0 Å². The molecule has 3 N–H and O–H groups in total. The average molecular weight is 376 g/mol. The lowest BCUT2D eigenvalue weighted by atomic mass is 10.3. The van der Waals surface area contributed by atoms with Gasteiger partial charge in [-0.3, -0.25) is 4.79 Å². The summed E-state index contributed by atoms with van der Waals surface area (Å²) < 4.78 is 0. The smallest absolute Gasteiger partial charge is 0.319 e. The molecule has 0 heterocycles. The van der Waals surface area contributed by atoms with Crippen LogP contribution in [-0.2, 0) is 4.79 Å². The molecule has 1 saturated carbocycles. The fraction of sp³-hybridized carbons (Fsp3) is 0.222. The van der Waals surface area contributed by atoms with E-state index in [0.29, 0.717) is 22.4 Å². The second kappa shape index (κ2) is 8.27. The van der Waals surface area contributed by atoms with E-state index in [1.165, 1.54) is 11.8 Å². The van der Waals surface area contributed by atoms with E-state index in [1.54, 1.807) is 30.3 Å². The number of nitrogens with one attached hydrogen (secondary N) is 3. The SMILES string of the molecule is O=C(CSc1ccccc1Cl)Nc1ccc(NC(=O)NC2CC2)cc1. The molecule has 3 amide bonds. The number of thioether (sulfide) groups is 1. The summed E-state index contributed by atoms with van der Waals surface area (Å²) >= 11 is 7.46. The highest BCUT2D eigenvalue weighted by molar-refractivity contribution is 8.00. The summed E-state index contributed by atoms with van der Waals surface area (Å²) in [5.74, 6) is 0.158. The van der Waals surface area contributed by atoms with Gasteiger partial charge in [-0.2, -0.15) is 0 Å². The zero-order valence-corrected chi connectivity index (χ0v) is 15.0. The Balaban J connectivity index is 1.46. The second-order valence-electron chi connectivity index (χ2n) is 5.72. The summed E-state index contributed by atoms with van der Waals surface area (Å²) in [4.78, 5) is 24.6. The van der Waals surface area contributed by atoms with Crippen LogP contribution in [0.1, 0.15) is 12.8 Å². The predicted molar refractivity (Wildman–Crippen MR) is 102 cm³/mol. The molecule has 0 aliphatic heterocycles. The van der Waals surface area contributed by atoms with Crippen LogP contribution in [0.2, 0.25) is 5.02 Å². The molecule has 0 bridgehead atoms. The van der Waals surface area contributed by atoms with Gasteiger partial charge in [-0.1, -0.05) is 23.7 Å². The second-order valence-corrected chi connectivity index (χ2v) is 7.14. The molecule has 5 nitrogen and oxygen atoms in total. The third kappa shape index (κ3) is 5.69. The van der Waals surface area contributed by atoms with Crippen molar-refractivity contribution in [1.82, 2.24) is 5.32 Å². The van der Waals surface area contributed by atoms with Crippen LogP contribution in [0.25, 0.3) is 0 Å². The summed E-state index contributed by atoms with van der Waals surface area (Å²) in [6, 6.07) is 14.6. The van der Waals surface area contributed by atoms with Crippen molar-refractivity contribution in [1.29, 1.82) is 0 Å². The topological polar surface area (TPSA) is 70.2 Å². The van der Waals surface area contributed by atoms with Gasteiger partial charge >= 0.3 is 6.03 Å². The van der Waals surface area contributed by atoms with Gasteiger partial charge in [0.2, 0.25) is 5.91 Å². The molecule has 2 aromatic carbocycles. The Kier molecular flexibility index (Phi) is 5.83. The first-order chi connectivity index (χ1) is 12.1. The number of hydrogen-bond acceptors (Lipinski definition) is 3. The average Bonchev–Trinajstić information content (AvgIpc) is 3.40. The van der Waals surface area contributed by atoms with Gasteiger partial charge in [0, 0.05) is 22.3 Å². The van der Waals surface area contributed by atoms with Crippen molar-refractivity contribution in [2.75, 3.05) is 16.4 Å². The number of amides is 3. The number of benzene rings is 2. The van der Waals surface area contributed by atoms with Crippen LogP contribution >= 0.6 is 23.4 Å². The maximum absolute atomic E-state index is 12.0. The monoisotopic (exact) mass is 375 g/mol. The molecule has 25 heavy (non-hydrogen) atoms. The third-order valence-corrected chi connectivity index (χ3v) is 5.05. The largest absolute Gasteiger partial charge is 0.335 e. The number of rotatable bonds is 6. The zero-order valence-electron chi connectivity index (χ0n) is 13.4. The van der Waals surface area contributed by atoms with Crippen LogP contribution in [-0.4, -0.2) is 23.7 Å². The molecule has 7 heteroatoms. The molecular weight excluding hydrogens is 358 g/mol. The van der Waals surface area contributed by atoms with E-state index in [0.717, 1.165) is 17.7 Å². The molecule has 130 valence electrons. The van der Waals surface area contributed by atoms with Crippen LogP contribution in [0.5, 0.6) is 0 Å². The van der Waals surface area contributed by atoms with Gasteiger partial charge in [-0.25, -0.2) is 4.79 Å². The molecule has 2 aromatic rings. The van der Waals surface area contributed by atoms with E-state index in [9.17, 15) is 9.59 Å². The minimum atomic E-state index is -0.199. The number of urea groups is 1. The molecule has 0 spiro atoms. The van der Waals surface area contributed by atoms with Crippen molar-refractivity contribution in [3.05, 3.63) is 53.6 Å². The minimum Gasteiger partial charge on any atom is -0.335 e. The minimum absolute atomic E-state index is 0.114. The highest BCUT2D eigenvalue weighted by atomic mass is 35.5. The fourth-order valence-corrected chi connectivity index (χ4v) is 3.16. The first-order valence-corrected chi connectivity index (χ1v) is 9.31.